The number of hydrogen-bond acceptors (Lipinski definition) is 6. The number of nitro groups is 2. The molecule has 3 rings (SSSR count). The van der Waals surface area contributed by atoms with E-state index in [4.69, 9.17) is 4.74 Å². The lowest BCUT2D eigenvalue weighted by molar-refractivity contribution is -0.545. The van der Waals surface area contributed by atoms with Gasteiger partial charge in [-0.25, -0.2) is 0 Å². The van der Waals surface area contributed by atoms with Crippen LogP contribution in [0.5, 0.6) is 0 Å². The minimum Gasteiger partial charge on any atom is -0.353 e. The van der Waals surface area contributed by atoms with E-state index in [-0.39, 0.29) is 34.4 Å². The molecule has 2 saturated heterocycles. The Bertz CT molecular complexity index is 512. The number of carbonyl (C=O) groups excluding carboxylic acids is 1. The van der Waals surface area contributed by atoms with Gasteiger partial charge >= 0.3 is 0 Å². The van der Waals surface area contributed by atoms with Crippen molar-refractivity contribution in [1.82, 2.24) is 0 Å². The molecule has 4 unspecified atom stereocenters. The highest BCUT2D eigenvalue weighted by atomic mass is 16.6. The molecule has 2 aliphatic heterocycles. The zero-order valence-corrected chi connectivity index (χ0v) is 15.1. The molecule has 0 aromatic carbocycles. The molecular formula is C18H28N2O6. The van der Waals surface area contributed by atoms with Crippen molar-refractivity contribution in [2.24, 2.45) is 5.92 Å². The molecule has 0 spiro atoms. The normalized spacial score (nSPS) is 26.6. The van der Waals surface area contributed by atoms with Crippen molar-refractivity contribution in [2.45, 2.75) is 88.8 Å². The summed E-state index contributed by atoms with van der Waals surface area (Å²) in [6, 6.07) is -1.46. The van der Waals surface area contributed by atoms with Gasteiger partial charge < -0.3 is 4.74 Å². The van der Waals surface area contributed by atoms with Crippen LogP contribution in [0.4, 0.5) is 0 Å². The number of rotatable bonds is 12. The van der Waals surface area contributed by atoms with Crippen LogP contribution in [0.25, 0.3) is 0 Å². The van der Waals surface area contributed by atoms with Gasteiger partial charge in [-0.3, -0.25) is 25.0 Å². The van der Waals surface area contributed by atoms with Crippen molar-refractivity contribution in [3.05, 3.63) is 33.3 Å². The lowest BCUT2D eigenvalue weighted by Crippen LogP contribution is -2.51. The van der Waals surface area contributed by atoms with Crippen LogP contribution in [-0.4, -0.2) is 33.8 Å². The fourth-order valence-corrected chi connectivity index (χ4v) is 3.96. The molecule has 1 aliphatic carbocycles. The van der Waals surface area contributed by atoms with Crippen LogP contribution in [-0.2, 0) is 9.53 Å². The van der Waals surface area contributed by atoms with Gasteiger partial charge in [0.05, 0.1) is 0 Å². The van der Waals surface area contributed by atoms with Gasteiger partial charge in [-0.15, -0.1) is 0 Å². The summed E-state index contributed by atoms with van der Waals surface area (Å²) in [5, 5.41) is 22.3. The SMILES string of the molecule is [CH2]CCCCCCC(CCC(=O)[C]1OC2CCC1CC2[N+](=O)[O-])[N+](=O)[O-]. The van der Waals surface area contributed by atoms with Crippen LogP contribution >= 0.6 is 0 Å². The molecule has 26 heavy (non-hydrogen) atoms. The second kappa shape index (κ2) is 9.94. The smallest absolute Gasteiger partial charge is 0.239 e. The summed E-state index contributed by atoms with van der Waals surface area (Å²) < 4.78 is 5.59. The summed E-state index contributed by atoms with van der Waals surface area (Å²) in [7, 11) is 0. The van der Waals surface area contributed by atoms with E-state index in [2.05, 4.69) is 6.92 Å². The fraction of sp³-hybridized carbons (Fsp3) is 0.833. The Morgan fingerprint density at radius 2 is 1.88 bits per heavy atom. The number of hydrogen-bond donors (Lipinski definition) is 0. The first-order valence-electron chi connectivity index (χ1n) is 9.57. The Kier molecular flexibility index (Phi) is 7.93. The van der Waals surface area contributed by atoms with Gasteiger partial charge in [0.25, 0.3) is 0 Å². The van der Waals surface area contributed by atoms with E-state index < -0.39 is 18.2 Å². The van der Waals surface area contributed by atoms with Crippen LogP contribution in [0, 0.1) is 39.2 Å². The molecule has 146 valence electrons. The van der Waals surface area contributed by atoms with Gasteiger partial charge in [-0.2, -0.15) is 0 Å². The second-order valence-corrected chi connectivity index (χ2v) is 7.34. The molecule has 0 N–H and O–H groups in total. The van der Waals surface area contributed by atoms with E-state index in [0.29, 0.717) is 25.4 Å². The highest BCUT2D eigenvalue weighted by Gasteiger charge is 2.51. The van der Waals surface area contributed by atoms with Crippen LogP contribution in [0.2, 0.25) is 0 Å². The number of unbranched alkanes of at least 4 members (excludes halogenated alkanes) is 4. The summed E-state index contributed by atoms with van der Waals surface area (Å²) in [4.78, 5) is 34.1. The lowest BCUT2D eigenvalue weighted by Gasteiger charge is -2.41. The van der Waals surface area contributed by atoms with Crippen molar-refractivity contribution in [3.63, 3.8) is 0 Å². The molecule has 0 aromatic heterocycles. The standard InChI is InChI=1S/C18H28N2O6/c1-2-3-4-5-6-7-14(19(22)23)9-10-16(21)18-13-8-11-17(26-18)15(12-13)20(24)25/h13-15,17H,1-12H2. The van der Waals surface area contributed by atoms with E-state index in [1.54, 1.807) is 0 Å². The Labute approximate surface area is 154 Å². The monoisotopic (exact) mass is 368 g/mol. The van der Waals surface area contributed by atoms with E-state index in [1.807, 2.05) is 0 Å². The molecule has 2 bridgehead atoms. The van der Waals surface area contributed by atoms with Gasteiger partial charge in [0, 0.05) is 41.4 Å². The van der Waals surface area contributed by atoms with Crippen LogP contribution in [0.1, 0.15) is 70.6 Å². The van der Waals surface area contributed by atoms with E-state index in [9.17, 15) is 25.0 Å². The number of nitrogens with zero attached hydrogens (tertiary/aromatic N) is 2. The molecular weight excluding hydrogens is 340 g/mol. The summed E-state index contributed by atoms with van der Waals surface area (Å²) in [5.41, 5.74) is 0. The predicted octanol–water partition coefficient (Wildman–Crippen LogP) is 3.53. The minimum absolute atomic E-state index is 0.0756. The molecule has 0 amide bonds. The fourth-order valence-electron chi connectivity index (χ4n) is 3.96. The molecule has 1 saturated carbocycles. The number of fused-ring (bicyclic) bond motifs is 3. The van der Waals surface area contributed by atoms with Crippen LogP contribution in [0.3, 0.4) is 0 Å². The maximum atomic E-state index is 12.4. The van der Waals surface area contributed by atoms with Crippen LogP contribution in [0.15, 0.2) is 0 Å². The number of Topliss-reactive ketones (excluding diaryl/α,β-unsaturated/α-hetero) is 1. The molecule has 3 fully saturated rings. The highest BCUT2D eigenvalue weighted by Crippen LogP contribution is 2.43. The summed E-state index contributed by atoms with van der Waals surface area (Å²) >= 11 is 0. The Morgan fingerprint density at radius 1 is 1.15 bits per heavy atom. The van der Waals surface area contributed by atoms with Crippen molar-refractivity contribution in [1.29, 1.82) is 0 Å². The summed E-state index contributed by atoms with van der Waals surface area (Å²) in [5.74, 6) is -0.426. The van der Waals surface area contributed by atoms with E-state index in [1.165, 1.54) is 0 Å². The maximum Gasteiger partial charge on any atom is 0.239 e. The Hall–Kier alpha value is -1.57. The molecule has 8 nitrogen and oxygen atoms in total. The number of ether oxygens (including phenoxy) is 1. The van der Waals surface area contributed by atoms with Gasteiger partial charge in [-0.05, 0) is 19.3 Å². The third-order valence-corrected chi connectivity index (χ3v) is 5.49. The molecule has 2 heterocycles. The number of carbonyl (C=O) groups is 1. The predicted molar refractivity (Wildman–Crippen MR) is 94.3 cm³/mol. The quantitative estimate of drug-likeness (QED) is 0.296. The van der Waals surface area contributed by atoms with Gasteiger partial charge in [0.2, 0.25) is 12.1 Å². The highest BCUT2D eigenvalue weighted by molar-refractivity contribution is 5.90. The third kappa shape index (κ3) is 5.46. The first-order valence-corrected chi connectivity index (χ1v) is 9.57. The van der Waals surface area contributed by atoms with Crippen molar-refractivity contribution >= 4 is 5.78 Å². The van der Waals surface area contributed by atoms with E-state index in [0.717, 1.165) is 38.5 Å². The largest absolute Gasteiger partial charge is 0.353 e. The second-order valence-electron chi connectivity index (χ2n) is 7.34. The van der Waals surface area contributed by atoms with Gasteiger partial charge in [0.1, 0.15) is 6.10 Å². The summed E-state index contributed by atoms with van der Waals surface area (Å²) in [6.45, 7) is 3.77. The first-order chi connectivity index (χ1) is 12.4. The molecule has 3 aliphatic rings. The topological polar surface area (TPSA) is 113 Å². The average Bonchev–Trinajstić information content (AvgIpc) is 2.63. The zero-order valence-electron chi connectivity index (χ0n) is 15.1. The van der Waals surface area contributed by atoms with Crippen LogP contribution < -0.4 is 0 Å². The molecule has 8 heteroatoms. The minimum atomic E-state index is -0.741. The average molecular weight is 368 g/mol. The van der Waals surface area contributed by atoms with Crippen molar-refractivity contribution in [2.75, 3.05) is 0 Å². The lowest BCUT2D eigenvalue weighted by atomic mass is 9.75. The van der Waals surface area contributed by atoms with Gasteiger partial charge in [-0.1, -0.05) is 32.6 Å². The molecule has 2 radical (unpaired) electrons. The Morgan fingerprint density at radius 3 is 2.46 bits per heavy atom. The molecule has 4 atom stereocenters. The number of ketones is 1. The first kappa shape index (κ1) is 20.7. The van der Waals surface area contributed by atoms with Crippen molar-refractivity contribution in [3.8, 4) is 0 Å². The van der Waals surface area contributed by atoms with Gasteiger partial charge in [0.15, 0.2) is 11.9 Å². The maximum absolute atomic E-state index is 12.4. The van der Waals surface area contributed by atoms with Crippen molar-refractivity contribution < 1.29 is 19.4 Å². The molecule has 0 aromatic rings. The summed E-state index contributed by atoms with van der Waals surface area (Å²) in [6.07, 6.45) is 6.85. The third-order valence-electron chi connectivity index (χ3n) is 5.49. The zero-order chi connectivity index (χ0) is 19.1. The van der Waals surface area contributed by atoms with E-state index >= 15 is 0 Å². The Balaban J connectivity index is 1.77.